The maximum Gasteiger partial charge on any atom is 0.271 e. The van der Waals surface area contributed by atoms with Crippen molar-refractivity contribution in [3.63, 3.8) is 0 Å². The van der Waals surface area contributed by atoms with Crippen molar-refractivity contribution in [2.24, 2.45) is 11.0 Å². The summed E-state index contributed by atoms with van der Waals surface area (Å²) in [4.78, 5) is 38.4. The van der Waals surface area contributed by atoms with Gasteiger partial charge in [0, 0.05) is 11.8 Å². The van der Waals surface area contributed by atoms with Crippen LogP contribution in [0.3, 0.4) is 0 Å². The minimum atomic E-state index is -1.26. The summed E-state index contributed by atoms with van der Waals surface area (Å²) >= 11 is 11.4. The third kappa shape index (κ3) is 4.52. The van der Waals surface area contributed by atoms with Gasteiger partial charge in [-0.25, -0.2) is 5.43 Å². The number of hydrogen-bond donors (Lipinski definition) is 3. The molecule has 2 aromatic rings. The number of hydrogen-bond acceptors (Lipinski definition) is 6. The Morgan fingerprint density at radius 1 is 1.21 bits per heavy atom. The summed E-state index contributed by atoms with van der Waals surface area (Å²) < 4.78 is 0.629. The van der Waals surface area contributed by atoms with E-state index >= 15 is 0 Å². The second kappa shape index (κ2) is 8.80. The normalized spacial score (nSPS) is 16.8. The molecule has 1 saturated heterocycles. The first kappa shape index (κ1) is 21.1. The lowest BCUT2D eigenvalue weighted by atomic mass is 10.1. The molecule has 29 heavy (non-hydrogen) atoms. The van der Waals surface area contributed by atoms with Crippen LogP contribution in [-0.2, 0) is 9.59 Å². The topological polar surface area (TPSA) is 111 Å². The summed E-state index contributed by atoms with van der Waals surface area (Å²) in [6, 6.07) is 11.4. The summed E-state index contributed by atoms with van der Waals surface area (Å²) in [7, 11) is 0. The number of phenols is 1. The van der Waals surface area contributed by atoms with Gasteiger partial charge in [-0.2, -0.15) is 5.10 Å². The van der Waals surface area contributed by atoms with Crippen molar-refractivity contribution in [3.05, 3.63) is 57.0 Å². The molecule has 0 unspecified atom stereocenters. The molecule has 3 N–H and O–H groups in total. The molecule has 0 radical (unpaired) electrons. The average Bonchev–Trinajstić information content (AvgIpc) is 2.68. The van der Waals surface area contributed by atoms with Gasteiger partial charge in [0.15, 0.2) is 11.0 Å². The van der Waals surface area contributed by atoms with E-state index in [1.165, 1.54) is 17.0 Å². The number of rotatable bonds is 4. The van der Waals surface area contributed by atoms with E-state index < -0.39 is 23.6 Å². The van der Waals surface area contributed by atoms with Crippen LogP contribution in [0.2, 0.25) is 0 Å². The number of thiocarbonyl (C=S) groups is 1. The van der Waals surface area contributed by atoms with E-state index in [1.54, 1.807) is 30.3 Å². The van der Waals surface area contributed by atoms with Crippen LogP contribution in [0.4, 0.5) is 5.69 Å². The first-order valence-electron chi connectivity index (χ1n) is 8.05. The Kier molecular flexibility index (Phi) is 6.40. The van der Waals surface area contributed by atoms with E-state index in [-0.39, 0.29) is 16.4 Å². The fraction of sp³-hybridized carbons (Fsp3) is 0.0556. The van der Waals surface area contributed by atoms with Crippen molar-refractivity contribution in [2.45, 2.75) is 0 Å². The van der Waals surface area contributed by atoms with Crippen molar-refractivity contribution >= 4 is 78.8 Å². The zero-order valence-electron chi connectivity index (χ0n) is 14.4. The smallest absolute Gasteiger partial charge is 0.271 e. The van der Waals surface area contributed by atoms with Crippen molar-refractivity contribution in [1.82, 2.24) is 10.7 Å². The molecule has 0 aliphatic carbocycles. The Bertz CT molecular complexity index is 1020. The number of nitrogens with one attached hydrogen (secondary N) is 2. The molecule has 148 valence electrons. The molecule has 3 amide bonds. The van der Waals surface area contributed by atoms with Crippen LogP contribution in [0.25, 0.3) is 0 Å². The van der Waals surface area contributed by atoms with E-state index in [9.17, 15) is 19.5 Å². The van der Waals surface area contributed by atoms with E-state index in [0.717, 1.165) is 6.21 Å². The molecule has 1 fully saturated rings. The third-order valence-electron chi connectivity index (χ3n) is 3.89. The van der Waals surface area contributed by atoms with Crippen molar-refractivity contribution in [3.8, 4) is 5.75 Å². The van der Waals surface area contributed by atoms with Gasteiger partial charge in [-0.1, -0.05) is 18.2 Å². The maximum absolute atomic E-state index is 12.8. The molecular formula is C18H12Br2N4O4S. The Labute approximate surface area is 187 Å². The molecule has 0 bridgehead atoms. The lowest BCUT2D eigenvalue weighted by Gasteiger charge is -2.30. The van der Waals surface area contributed by atoms with Crippen molar-refractivity contribution < 1.29 is 19.5 Å². The van der Waals surface area contributed by atoms with Crippen LogP contribution in [0.1, 0.15) is 10.4 Å². The number of anilines is 1. The van der Waals surface area contributed by atoms with E-state index in [0.29, 0.717) is 14.6 Å². The van der Waals surface area contributed by atoms with Gasteiger partial charge in [0.2, 0.25) is 5.91 Å². The quantitative estimate of drug-likeness (QED) is 0.239. The number of benzene rings is 2. The van der Waals surface area contributed by atoms with Crippen LogP contribution in [-0.4, -0.2) is 34.2 Å². The Balaban J connectivity index is 1.75. The average molecular weight is 540 g/mol. The number of nitrogens with zero attached hydrogens (tertiary/aromatic N) is 2. The predicted molar refractivity (Wildman–Crippen MR) is 118 cm³/mol. The van der Waals surface area contributed by atoms with Crippen molar-refractivity contribution in [2.75, 3.05) is 4.90 Å². The largest absolute Gasteiger partial charge is 0.506 e. The highest BCUT2D eigenvalue weighted by molar-refractivity contribution is 9.11. The number of phenolic OH excluding ortho intramolecular Hbond substituents is 1. The summed E-state index contributed by atoms with van der Waals surface area (Å²) in [5, 5.41) is 15.9. The number of para-hydroxylation sites is 1. The van der Waals surface area contributed by atoms with Gasteiger partial charge in [-0.3, -0.25) is 19.3 Å². The Morgan fingerprint density at radius 2 is 1.83 bits per heavy atom. The monoisotopic (exact) mass is 538 g/mol. The van der Waals surface area contributed by atoms with Crippen LogP contribution in [0.5, 0.6) is 5.75 Å². The fourth-order valence-electron chi connectivity index (χ4n) is 2.47. The predicted octanol–water partition coefficient (Wildman–Crippen LogP) is 2.70. The summed E-state index contributed by atoms with van der Waals surface area (Å²) in [6.45, 7) is 0. The van der Waals surface area contributed by atoms with Gasteiger partial charge in [-0.05, 0) is 68.3 Å². The van der Waals surface area contributed by atoms with Crippen molar-refractivity contribution in [1.29, 1.82) is 0 Å². The molecule has 0 spiro atoms. The number of amides is 3. The lowest BCUT2D eigenvalue weighted by molar-refractivity contribution is -0.130. The van der Waals surface area contributed by atoms with E-state index in [1.807, 2.05) is 0 Å². The molecule has 2 aromatic carbocycles. The molecule has 1 aliphatic heterocycles. The fourth-order valence-corrected chi connectivity index (χ4v) is 3.96. The molecular weight excluding hydrogens is 528 g/mol. The molecule has 0 aromatic heterocycles. The first-order chi connectivity index (χ1) is 13.8. The number of halogens is 2. The summed E-state index contributed by atoms with van der Waals surface area (Å²) in [6.07, 6.45) is 1.04. The summed E-state index contributed by atoms with van der Waals surface area (Å²) in [5.41, 5.74) is 2.95. The zero-order valence-corrected chi connectivity index (χ0v) is 18.4. The van der Waals surface area contributed by atoms with Crippen LogP contribution < -0.4 is 15.6 Å². The number of carbonyl (C=O) groups excluding carboxylic acids is 3. The second-order valence-electron chi connectivity index (χ2n) is 5.79. The molecule has 1 aliphatic rings. The molecule has 3 rings (SSSR count). The number of hydrazone groups is 1. The SMILES string of the molecule is O=C(N/N=C\[C@H]1C(=O)NC(=S)N(c2ccccc2)C1=O)c1cc(Br)c(O)c(Br)c1. The third-order valence-corrected chi connectivity index (χ3v) is 5.38. The Morgan fingerprint density at radius 3 is 2.45 bits per heavy atom. The number of carbonyl (C=O) groups is 3. The molecule has 8 nitrogen and oxygen atoms in total. The zero-order chi connectivity index (χ0) is 21.1. The maximum atomic E-state index is 12.8. The van der Waals surface area contributed by atoms with Crippen LogP contribution >= 0.6 is 44.1 Å². The van der Waals surface area contributed by atoms with Gasteiger partial charge in [0.05, 0.1) is 14.6 Å². The van der Waals surface area contributed by atoms with Gasteiger partial charge in [0.25, 0.3) is 11.8 Å². The first-order valence-corrected chi connectivity index (χ1v) is 10.0. The highest BCUT2D eigenvalue weighted by Crippen LogP contribution is 2.33. The highest BCUT2D eigenvalue weighted by atomic mass is 79.9. The highest BCUT2D eigenvalue weighted by Gasteiger charge is 2.38. The standard InChI is InChI=1S/C18H12Br2N4O4S/c19-12-6-9(7-13(20)14(12)25)15(26)23-21-8-11-16(27)22-18(29)24(17(11)28)10-4-2-1-3-5-10/h1-8,11,25H,(H,23,26)(H,22,27,29)/b21-8-/t11-/m0/s1. The second-order valence-corrected chi connectivity index (χ2v) is 7.88. The van der Waals surface area contributed by atoms with Crippen LogP contribution in [0.15, 0.2) is 56.5 Å². The molecule has 0 saturated carbocycles. The number of aromatic hydroxyl groups is 1. The summed E-state index contributed by atoms with van der Waals surface area (Å²) in [5.74, 6) is -3.13. The van der Waals surface area contributed by atoms with Gasteiger partial charge in [-0.15, -0.1) is 0 Å². The van der Waals surface area contributed by atoms with E-state index in [4.69, 9.17) is 12.2 Å². The minimum Gasteiger partial charge on any atom is -0.506 e. The van der Waals surface area contributed by atoms with E-state index in [2.05, 4.69) is 47.7 Å². The van der Waals surface area contributed by atoms with Gasteiger partial charge in [0.1, 0.15) is 5.75 Å². The molecule has 1 atom stereocenters. The lowest BCUT2D eigenvalue weighted by Crippen LogP contribution is -2.58. The van der Waals surface area contributed by atoms with Gasteiger partial charge >= 0.3 is 0 Å². The molecule has 11 heteroatoms. The molecule has 1 heterocycles. The van der Waals surface area contributed by atoms with Gasteiger partial charge < -0.3 is 10.4 Å². The van der Waals surface area contributed by atoms with Crippen LogP contribution in [0, 0.1) is 5.92 Å². The Hall–Kier alpha value is -2.63. The minimum absolute atomic E-state index is 0.0290.